The molecule has 0 aromatic heterocycles. The van der Waals surface area contributed by atoms with E-state index in [1.165, 1.54) is 7.11 Å². The molecule has 0 aliphatic carbocycles. The van der Waals surface area contributed by atoms with E-state index in [-0.39, 0.29) is 5.97 Å². The summed E-state index contributed by atoms with van der Waals surface area (Å²) in [6.45, 7) is 6.41. The van der Waals surface area contributed by atoms with Gasteiger partial charge >= 0.3 is 5.97 Å². The fourth-order valence-electron chi connectivity index (χ4n) is 1.41. The summed E-state index contributed by atoms with van der Waals surface area (Å²) in [5.74, 6) is -0.206. The van der Waals surface area contributed by atoms with Gasteiger partial charge in [0, 0.05) is 5.20 Å². The first-order chi connectivity index (χ1) is 7.45. The van der Waals surface area contributed by atoms with Crippen molar-refractivity contribution >= 4 is 20.1 Å². The maximum absolute atomic E-state index is 11.7. The maximum atomic E-state index is 11.7. The van der Waals surface area contributed by atoms with Gasteiger partial charge in [-0.1, -0.05) is 50.0 Å². The molecule has 0 aliphatic rings. The first-order valence-corrected chi connectivity index (χ1v) is 8.80. The summed E-state index contributed by atoms with van der Waals surface area (Å²) in [7, 11) is -0.235. The van der Waals surface area contributed by atoms with Crippen molar-refractivity contribution in [3.05, 3.63) is 41.1 Å². The van der Waals surface area contributed by atoms with Gasteiger partial charge in [0.2, 0.25) is 0 Å². The normalized spacial score (nSPS) is 12.4. The summed E-state index contributed by atoms with van der Waals surface area (Å²) in [6.07, 6.45) is 1.94. The molecular formula is C13H18O2Si. The van der Waals surface area contributed by atoms with Gasteiger partial charge in [0.25, 0.3) is 0 Å². The van der Waals surface area contributed by atoms with Crippen molar-refractivity contribution in [2.75, 3.05) is 7.11 Å². The predicted octanol–water partition coefficient (Wildman–Crippen LogP) is 3.12. The molecule has 16 heavy (non-hydrogen) atoms. The number of methoxy groups -OCH3 is 1. The van der Waals surface area contributed by atoms with E-state index in [0.717, 1.165) is 10.8 Å². The second-order valence-electron chi connectivity index (χ2n) is 4.71. The van der Waals surface area contributed by atoms with Crippen molar-refractivity contribution in [1.82, 2.24) is 0 Å². The van der Waals surface area contributed by atoms with Crippen molar-refractivity contribution in [3.63, 3.8) is 0 Å². The predicted molar refractivity (Wildman–Crippen MR) is 69.8 cm³/mol. The number of carbonyl (C=O) groups excluding carboxylic acids is 1. The molecule has 1 rings (SSSR count). The van der Waals surface area contributed by atoms with Crippen LogP contribution < -0.4 is 0 Å². The standard InChI is InChI=1S/C13H18O2Si/c1-15-13(14)12(16(2,3)4)10-11-8-6-5-7-9-11/h5-10H,1-4H3/b12-10+. The number of esters is 1. The van der Waals surface area contributed by atoms with Gasteiger partial charge < -0.3 is 4.74 Å². The Morgan fingerprint density at radius 3 is 2.19 bits per heavy atom. The Bertz CT molecular complexity index is 388. The van der Waals surface area contributed by atoms with E-state index in [9.17, 15) is 4.79 Å². The molecule has 0 N–H and O–H groups in total. The summed E-state index contributed by atoms with van der Waals surface area (Å²) in [5.41, 5.74) is 1.05. The second-order valence-corrected chi connectivity index (χ2v) is 9.75. The summed E-state index contributed by atoms with van der Waals surface area (Å²) < 4.78 is 4.84. The van der Waals surface area contributed by atoms with Gasteiger partial charge in [0.15, 0.2) is 0 Å². The van der Waals surface area contributed by atoms with E-state index < -0.39 is 8.07 Å². The molecule has 0 aliphatic heterocycles. The van der Waals surface area contributed by atoms with Gasteiger partial charge in [0.05, 0.1) is 15.2 Å². The van der Waals surface area contributed by atoms with Crippen LogP contribution in [0.25, 0.3) is 6.08 Å². The zero-order valence-corrected chi connectivity index (χ0v) is 11.3. The van der Waals surface area contributed by atoms with Gasteiger partial charge in [-0.05, 0) is 11.6 Å². The second kappa shape index (κ2) is 5.12. The number of ether oxygens (including phenoxy) is 1. The van der Waals surface area contributed by atoms with E-state index >= 15 is 0 Å². The quantitative estimate of drug-likeness (QED) is 0.456. The summed E-state index contributed by atoms with van der Waals surface area (Å²) in [5, 5.41) is 0.821. The minimum absolute atomic E-state index is 0.206. The van der Waals surface area contributed by atoms with Crippen LogP contribution in [-0.4, -0.2) is 21.2 Å². The zero-order chi connectivity index (χ0) is 12.2. The topological polar surface area (TPSA) is 26.3 Å². The van der Waals surface area contributed by atoms with E-state index in [1.54, 1.807) is 0 Å². The first kappa shape index (κ1) is 12.7. The first-order valence-electron chi connectivity index (χ1n) is 5.30. The molecule has 0 bridgehead atoms. The SMILES string of the molecule is COC(=O)/C(=C\c1ccccc1)[Si](C)(C)C. The van der Waals surface area contributed by atoms with Crippen molar-refractivity contribution in [1.29, 1.82) is 0 Å². The maximum Gasteiger partial charge on any atom is 0.329 e. The Morgan fingerprint density at radius 1 is 1.19 bits per heavy atom. The number of hydrogen-bond donors (Lipinski definition) is 0. The summed E-state index contributed by atoms with van der Waals surface area (Å²) >= 11 is 0. The van der Waals surface area contributed by atoms with Crippen LogP contribution in [-0.2, 0) is 9.53 Å². The van der Waals surface area contributed by atoms with Crippen LogP contribution in [0.2, 0.25) is 19.6 Å². The summed E-state index contributed by atoms with van der Waals surface area (Å²) in [6, 6.07) is 9.87. The lowest BCUT2D eigenvalue weighted by atomic mass is 10.2. The molecule has 0 saturated heterocycles. The molecule has 0 heterocycles. The third kappa shape index (κ3) is 3.34. The van der Waals surface area contributed by atoms with Crippen LogP contribution in [0.15, 0.2) is 35.5 Å². The Labute approximate surface area is 98.0 Å². The Morgan fingerprint density at radius 2 is 1.75 bits per heavy atom. The Balaban J connectivity index is 3.12. The number of rotatable bonds is 3. The number of hydrogen-bond acceptors (Lipinski definition) is 2. The van der Waals surface area contributed by atoms with Crippen LogP contribution in [0.1, 0.15) is 5.56 Å². The molecule has 1 aromatic carbocycles. The Kier molecular flexibility index (Phi) is 4.07. The molecule has 0 amide bonds. The molecule has 0 saturated carbocycles. The zero-order valence-electron chi connectivity index (χ0n) is 10.3. The van der Waals surface area contributed by atoms with E-state index in [4.69, 9.17) is 4.74 Å². The highest BCUT2D eigenvalue weighted by atomic mass is 28.3. The summed E-state index contributed by atoms with van der Waals surface area (Å²) in [4.78, 5) is 11.7. The average Bonchev–Trinajstić information content (AvgIpc) is 2.25. The van der Waals surface area contributed by atoms with Crippen LogP contribution in [0.3, 0.4) is 0 Å². The van der Waals surface area contributed by atoms with Crippen LogP contribution in [0.5, 0.6) is 0 Å². The minimum atomic E-state index is -1.67. The number of carbonyl (C=O) groups is 1. The molecular weight excluding hydrogens is 216 g/mol. The highest BCUT2D eigenvalue weighted by molar-refractivity contribution is 6.87. The molecule has 0 fully saturated rings. The van der Waals surface area contributed by atoms with E-state index in [1.807, 2.05) is 36.4 Å². The molecule has 0 atom stereocenters. The van der Waals surface area contributed by atoms with Crippen molar-refractivity contribution in [2.24, 2.45) is 0 Å². The fraction of sp³-hybridized carbons (Fsp3) is 0.308. The number of benzene rings is 1. The van der Waals surface area contributed by atoms with Gasteiger partial charge in [-0.15, -0.1) is 0 Å². The van der Waals surface area contributed by atoms with E-state index in [2.05, 4.69) is 19.6 Å². The van der Waals surface area contributed by atoms with Crippen molar-refractivity contribution < 1.29 is 9.53 Å². The molecule has 2 nitrogen and oxygen atoms in total. The highest BCUT2D eigenvalue weighted by Crippen LogP contribution is 2.19. The third-order valence-corrected chi connectivity index (χ3v) is 4.29. The van der Waals surface area contributed by atoms with Crippen molar-refractivity contribution in [2.45, 2.75) is 19.6 Å². The minimum Gasteiger partial charge on any atom is -0.466 e. The van der Waals surface area contributed by atoms with Gasteiger partial charge in [0.1, 0.15) is 0 Å². The molecule has 0 unspecified atom stereocenters. The monoisotopic (exact) mass is 234 g/mol. The fourth-order valence-corrected chi connectivity index (χ4v) is 2.72. The van der Waals surface area contributed by atoms with Gasteiger partial charge in [-0.3, -0.25) is 0 Å². The third-order valence-electron chi connectivity index (χ3n) is 2.32. The molecule has 0 spiro atoms. The van der Waals surface area contributed by atoms with Crippen LogP contribution >= 0.6 is 0 Å². The van der Waals surface area contributed by atoms with Crippen molar-refractivity contribution in [3.8, 4) is 0 Å². The average molecular weight is 234 g/mol. The molecule has 1 aromatic rings. The van der Waals surface area contributed by atoms with E-state index in [0.29, 0.717) is 0 Å². The van der Waals surface area contributed by atoms with Crippen LogP contribution in [0.4, 0.5) is 0 Å². The smallest absolute Gasteiger partial charge is 0.329 e. The van der Waals surface area contributed by atoms with Crippen LogP contribution in [0, 0.1) is 0 Å². The lowest BCUT2D eigenvalue weighted by molar-refractivity contribution is -0.135. The van der Waals surface area contributed by atoms with Gasteiger partial charge in [-0.25, -0.2) is 4.79 Å². The molecule has 3 heteroatoms. The lowest BCUT2D eigenvalue weighted by Crippen LogP contribution is -2.30. The highest BCUT2D eigenvalue weighted by Gasteiger charge is 2.26. The van der Waals surface area contributed by atoms with Gasteiger partial charge in [-0.2, -0.15) is 0 Å². The largest absolute Gasteiger partial charge is 0.466 e. The Hall–Kier alpha value is -1.35. The molecule has 86 valence electrons. The molecule has 0 radical (unpaired) electrons. The lowest BCUT2D eigenvalue weighted by Gasteiger charge is -2.18.